The summed E-state index contributed by atoms with van der Waals surface area (Å²) in [6.07, 6.45) is 6.19. The molecule has 0 atom stereocenters. The molecular weight excluding hydrogens is 212 g/mol. The number of likely N-dealkylation sites (tertiary alicyclic amines) is 1. The van der Waals surface area contributed by atoms with Gasteiger partial charge in [0, 0.05) is 19.3 Å². The molecule has 0 radical (unpaired) electrons. The van der Waals surface area contributed by atoms with E-state index in [9.17, 15) is 0 Å². The van der Waals surface area contributed by atoms with Crippen LogP contribution in [0.25, 0.3) is 0 Å². The molecular formula is C14H30N2O. The molecule has 0 spiro atoms. The fourth-order valence-corrected chi connectivity index (χ4v) is 2.40. The maximum Gasteiger partial charge on any atom is 0.0478 e. The molecule has 0 aromatic carbocycles. The lowest BCUT2D eigenvalue weighted by Crippen LogP contribution is -2.43. The van der Waals surface area contributed by atoms with E-state index in [0.717, 1.165) is 38.6 Å². The van der Waals surface area contributed by atoms with E-state index in [0.29, 0.717) is 0 Å². The summed E-state index contributed by atoms with van der Waals surface area (Å²) in [5.74, 6) is 0. The number of rotatable bonds is 9. The minimum Gasteiger partial charge on any atom is -0.381 e. The van der Waals surface area contributed by atoms with E-state index < -0.39 is 0 Å². The van der Waals surface area contributed by atoms with Crippen molar-refractivity contribution in [2.24, 2.45) is 0 Å². The Kier molecular flexibility index (Phi) is 8.67. The second kappa shape index (κ2) is 9.86. The van der Waals surface area contributed by atoms with Gasteiger partial charge in [0.25, 0.3) is 0 Å². The summed E-state index contributed by atoms with van der Waals surface area (Å²) in [5.41, 5.74) is 0. The van der Waals surface area contributed by atoms with Crippen LogP contribution in [0, 0.1) is 0 Å². The van der Waals surface area contributed by atoms with Crippen LogP contribution in [0.5, 0.6) is 0 Å². The number of hydrogen-bond donors (Lipinski definition) is 1. The predicted octanol–water partition coefficient (Wildman–Crippen LogP) is 2.27. The van der Waals surface area contributed by atoms with Crippen molar-refractivity contribution in [3.8, 4) is 0 Å². The van der Waals surface area contributed by atoms with E-state index in [2.05, 4.69) is 24.1 Å². The normalized spacial score (nSPS) is 18.7. The maximum absolute atomic E-state index is 5.47. The van der Waals surface area contributed by atoms with Crippen molar-refractivity contribution in [3.63, 3.8) is 0 Å². The van der Waals surface area contributed by atoms with Crippen LogP contribution < -0.4 is 5.32 Å². The highest BCUT2D eigenvalue weighted by molar-refractivity contribution is 4.76. The smallest absolute Gasteiger partial charge is 0.0478 e. The minimum atomic E-state index is 0.745. The first-order chi connectivity index (χ1) is 8.36. The first-order valence-corrected chi connectivity index (χ1v) is 7.40. The zero-order valence-corrected chi connectivity index (χ0v) is 11.7. The Balaban J connectivity index is 1.91. The molecule has 0 aliphatic carbocycles. The van der Waals surface area contributed by atoms with Crippen LogP contribution in [0.2, 0.25) is 0 Å². The van der Waals surface area contributed by atoms with Gasteiger partial charge in [-0.3, -0.25) is 0 Å². The molecule has 0 saturated carbocycles. The number of piperidine rings is 1. The van der Waals surface area contributed by atoms with E-state index >= 15 is 0 Å². The standard InChI is InChI=1S/C14H30N2O/c1-3-9-16-10-6-14(7-11-16)15-8-5-13-17-12-4-2/h14-15H,3-13H2,1-2H3. The molecule has 3 nitrogen and oxygen atoms in total. The average molecular weight is 242 g/mol. The van der Waals surface area contributed by atoms with Crippen LogP contribution in [0.15, 0.2) is 0 Å². The second-order valence-corrected chi connectivity index (χ2v) is 5.04. The molecule has 0 unspecified atom stereocenters. The third kappa shape index (κ3) is 7.02. The Morgan fingerprint density at radius 3 is 2.53 bits per heavy atom. The fourth-order valence-electron chi connectivity index (χ4n) is 2.40. The lowest BCUT2D eigenvalue weighted by molar-refractivity contribution is 0.130. The molecule has 1 aliphatic rings. The van der Waals surface area contributed by atoms with E-state index in [4.69, 9.17) is 4.74 Å². The van der Waals surface area contributed by atoms with Gasteiger partial charge in [0.05, 0.1) is 0 Å². The molecule has 1 fully saturated rings. The summed E-state index contributed by atoms with van der Waals surface area (Å²) in [6.45, 7) is 11.2. The molecule has 1 saturated heterocycles. The highest BCUT2D eigenvalue weighted by Crippen LogP contribution is 2.10. The van der Waals surface area contributed by atoms with Crippen LogP contribution in [0.3, 0.4) is 0 Å². The molecule has 1 heterocycles. The van der Waals surface area contributed by atoms with Gasteiger partial charge in [-0.05, 0) is 58.3 Å². The van der Waals surface area contributed by atoms with Crippen LogP contribution in [0.4, 0.5) is 0 Å². The van der Waals surface area contributed by atoms with Gasteiger partial charge in [-0.15, -0.1) is 0 Å². The summed E-state index contributed by atoms with van der Waals surface area (Å²) in [6, 6.07) is 0.745. The molecule has 0 amide bonds. The van der Waals surface area contributed by atoms with Gasteiger partial charge in [0.1, 0.15) is 0 Å². The first-order valence-electron chi connectivity index (χ1n) is 7.40. The third-order valence-corrected chi connectivity index (χ3v) is 3.37. The summed E-state index contributed by atoms with van der Waals surface area (Å²) < 4.78 is 5.47. The topological polar surface area (TPSA) is 24.5 Å². The number of nitrogens with zero attached hydrogens (tertiary/aromatic N) is 1. The Morgan fingerprint density at radius 1 is 1.12 bits per heavy atom. The van der Waals surface area contributed by atoms with Crippen molar-refractivity contribution >= 4 is 0 Å². The average Bonchev–Trinajstić information content (AvgIpc) is 2.36. The largest absolute Gasteiger partial charge is 0.381 e. The lowest BCUT2D eigenvalue weighted by atomic mass is 10.0. The SMILES string of the molecule is CCCOCCCNC1CCN(CCC)CC1. The van der Waals surface area contributed by atoms with Gasteiger partial charge >= 0.3 is 0 Å². The summed E-state index contributed by atoms with van der Waals surface area (Å²) in [4.78, 5) is 2.59. The quantitative estimate of drug-likeness (QED) is 0.628. The van der Waals surface area contributed by atoms with Crippen molar-refractivity contribution in [2.75, 3.05) is 39.4 Å². The molecule has 1 rings (SSSR count). The number of nitrogens with one attached hydrogen (secondary N) is 1. The molecule has 0 aromatic heterocycles. The van der Waals surface area contributed by atoms with Gasteiger partial charge in [-0.2, -0.15) is 0 Å². The molecule has 1 aliphatic heterocycles. The van der Waals surface area contributed by atoms with Crippen LogP contribution in [0.1, 0.15) is 46.0 Å². The van der Waals surface area contributed by atoms with Crippen molar-refractivity contribution < 1.29 is 4.74 Å². The van der Waals surface area contributed by atoms with Gasteiger partial charge in [-0.25, -0.2) is 0 Å². The zero-order valence-electron chi connectivity index (χ0n) is 11.7. The lowest BCUT2D eigenvalue weighted by Gasteiger charge is -2.32. The van der Waals surface area contributed by atoms with E-state index in [1.54, 1.807) is 0 Å². The number of hydrogen-bond acceptors (Lipinski definition) is 3. The zero-order chi connectivity index (χ0) is 12.3. The van der Waals surface area contributed by atoms with E-state index in [1.807, 2.05) is 0 Å². The molecule has 3 heteroatoms. The van der Waals surface area contributed by atoms with Crippen molar-refractivity contribution in [1.82, 2.24) is 10.2 Å². The van der Waals surface area contributed by atoms with Gasteiger partial charge in [0.15, 0.2) is 0 Å². The number of ether oxygens (including phenoxy) is 1. The summed E-state index contributed by atoms with van der Waals surface area (Å²) >= 11 is 0. The van der Waals surface area contributed by atoms with Crippen molar-refractivity contribution in [1.29, 1.82) is 0 Å². The highest BCUT2D eigenvalue weighted by Gasteiger charge is 2.17. The fraction of sp³-hybridized carbons (Fsp3) is 1.00. The Bertz CT molecular complexity index is 168. The molecule has 102 valence electrons. The van der Waals surface area contributed by atoms with E-state index in [-0.39, 0.29) is 0 Å². The molecule has 0 aromatic rings. The van der Waals surface area contributed by atoms with Crippen LogP contribution in [-0.4, -0.2) is 50.3 Å². The third-order valence-electron chi connectivity index (χ3n) is 3.37. The Hall–Kier alpha value is -0.120. The maximum atomic E-state index is 5.47. The van der Waals surface area contributed by atoms with Crippen molar-refractivity contribution in [3.05, 3.63) is 0 Å². The Morgan fingerprint density at radius 2 is 1.88 bits per heavy atom. The van der Waals surface area contributed by atoms with Gasteiger partial charge < -0.3 is 15.0 Å². The monoisotopic (exact) mass is 242 g/mol. The molecule has 17 heavy (non-hydrogen) atoms. The highest BCUT2D eigenvalue weighted by atomic mass is 16.5. The Labute approximate surface area is 107 Å². The van der Waals surface area contributed by atoms with Crippen molar-refractivity contribution in [2.45, 2.75) is 52.0 Å². The summed E-state index contributed by atoms with van der Waals surface area (Å²) in [7, 11) is 0. The van der Waals surface area contributed by atoms with Crippen LogP contribution in [-0.2, 0) is 4.74 Å². The summed E-state index contributed by atoms with van der Waals surface area (Å²) in [5, 5.41) is 3.65. The van der Waals surface area contributed by atoms with Gasteiger partial charge in [0.2, 0.25) is 0 Å². The van der Waals surface area contributed by atoms with Crippen LogP contribution >= 0.6 is 0 Å². The second-order valence-electron chi connectivity index (χ2n) is 5.04. The van der Waals surface area contributed by atoms with Gasteiger partial charge in [-0.1, -0.05) is 13.8 Å². The predicted molar refractivity (Wildman–Crippen MR) is 73.5 cm³/mol. The minimum absolute atomic E-state index is 0.745. The van der Waals surface area contributed by atoms with E-state index in [1.165, 1.54) is 38.9 Å². The molecule has 0 bridgehead atoms. The first kappa shape index (κ1) is 14.9. The molecule has 1 N–H and O–H groups in total.